The molecule has 2 N–H and O–H groups in total. The second-order valence-electron chi connectivity index (χ2n) is 4.31. The van der Waals surface area contributed by atoms with E-state index in [2.05, 4.69) is 19.2 Å². The predicted octanol–water partition coefficient (Wildman–Crippen LogP) is 0.604. The van der Waals surface area contributed by atoms with Crippen LogP contribution in [0.1, 0.15) is 33.6 Å². The van der Waals surface area contributed by atoms with Gasteiger partial charge in [-0.1, -0.05) is 13.8 Å². The molecule has 0 fully saturated rings. The van der Waals surface area contributed by atoms with Crippen LogP contribution in [0.3, 0.4) is 0 Å². The van der Waals surface area contributed by atoms with Crippen LogP contribution in [0.25, 0.3) is 0 Å². The van der Waals surface area contributed by atoms with Gasteiger partial charge in [-0.05, 0) is 13.3 Å². The van der Waals surface area contributed by atoms with Crippen molar-refractivity contribution in [2.24, 2.45) is 0 Å². The molecule has 0 spiro atoms. The predicted molar refractivity (Wildman–Crippen MR) is 61.7 cm³/mol. The Bertz CT molecular complexity index is 181. The lowest BCUT2D eigenvalue weighted by molar-refractivity contribution is -0.130. The van der Waals surface area contributed by atoms with Gasteiger partial charge in [0.2, 0.25) is 5.91 Å². The summed E-state index contributed by atoms with van der Waals surface area (Å²) >= 11 is 0. The average Bonchev–Trinajstić information content (AvgIpc) is 2.13. The maximum atomic E-state index is 11.5. The van der Waals surface area contributed by atoms with E-state index in [0.29, 0.717) is 25.4 Å². The van der Waals surface area contributed by atoms with Gasteiger partial charge < -0.3 is 15.3 Å². The maximum Gasteiger partial charge on any atom is 0.223 e. The number of rotatable bonds is 7. The first-order valence-corrected chi connectivity index (χ1v) is 5.59. The van der Waals surface area contributed by atoms with Crippen LogP contribution in [0.4, 0.5) is 0 Å². The van der Waals surface area contributed by atoms with Gasteiger partial charge in [0.15, 0.2) is 0 Å². The van der Waals surface area contributed by atoms with E-state index >= 15 is 0 Å². The Morgan fingerprint density at radius 2 is 2.00 bits per heavy atom. The second-order valence-corrected chi connectivity index (χ2v) is 4.31. The third kappa shape index (κ3) is 8.39. The summed E-state index contributed by atoms with van der Waals surface area (Å²) < 4.78 is 0. The summed E-state index contributed by atoms with van der Waals surface area (Å²) in [6.45, 7) is 7.19. The molecule has 15 heavy (non-hydrogen) atoms. The minimum atomic E-state index is -0.339. The van der Waals surface area contributed by atoms with Crippen molar-refractivity contribution < 1.29 is 9.90 Å². The van der Waals surface area contributed by atoms with Crippen LogP contribution < -0.4 is 5.32 Å². The molecule has 0 aromatic carbocycles. The van der Waals surface area contributed by atoms with Gasteiger partial charge in [0.1, 0.15) is 0 Å². The molecule has 0 aliphatic heterocycles. The van der Waals surface area contributed by atoms with Crippen molar-refractivity contribution in [3.8, 4) is 0 Å². The lowest BCUT2D eigenvalue weighted by Crippen LogP contribution is -2.33. The van der Waals surface area contributed by atoms with E-state index < -0.39 is 0 Å². The average molecular weight is 216 g/mol. The number of nitrogens with one attached hydrogen (secondary N) is 1. The van der Waals surface area contributed by atoms with Gasteiger partial charge >= 0.3 is 0 Å². The molecule has 0 aliphatic rings. The lowest BCUT2D eigenvalue weighted by Gasteiger charge is -2.18. The summed E-state index contributed by atoms with van der Waals surface area (Å²) in [5.74, 6) is 0.129. The largest absolute Gasteiger partial charge is 0.393 e. The normalized spacial score (nSPS) is 12.9. The van der Waals surface area contributed by atoms with E-state index in [1.165, 1.54) is 0 Å². The van der Waals surface area contributed by atoms with Crippen molar-refractivity contribution >= 4 is 5.91 Å². The van der Waals surface area contributed by atoms with Crippen LogP contribution in [-0.4, -0.2) is 48.2 Å². The van der Waals surface area contributed by atoms with Crippen LogP contribution in [0.2, 0.25) is 0 Å². The first-order chi connectivity index (χ1) is 6.93. The molecule has 0 radical (unpaired) electrons. The molecule has 90 valence electrons. The van der Waals surface area contributed by atoms with Crippen LogP contribution in [0.15, 0.2) is 0 Å². The molecule has 4 nitrogen and oxygen atoms in total. The molecule has 4 heteroatoms. The van der Waals surface area contributed by atoms with Crippen LogP contribution in [0, 0.1) is 0 Å². The van der Waals surface area contributed by atoms with Crippen molar-refractivity contribution in [1.29, 1.82) is 0 Å². The first-order valence-electron chi connectivity index (χ1n) is 5.59. The smallest absolute Gasteiger partial charge is 0.223 e. The molecule has 0 saturated carbocycles. The molecular weight excluding hydrogens is 192 g/mol. The Labute approximate surface area is 92.7 Å². The van der Waals surface area contributed by atoms with Gasteiger partial charge in [-0.2, -0.15) is 0 Å². The number of aliphatic hydroxyl groups excluding tert-OH is 1. The Morgan fingerprint density at radius 1 is 1.40 bits per heavy atom. The Balaban J connectivity index is 3.60. The highest BCUT2D eigenvalue weighted by atomic mass is 16.3. The Morgan fingerprint density at radius 3 is 2.47 bits per heavy atom. The summed E-state index contributed by atoms with van der Waals surface area (Å²) in [7, 11) is 1.78. The maximum absolute atomic E-state index is 11.5. The van der Waals surface area contributed by atoms with E-state index in [4.69, 9.17) is 5.11 Å². The summed E-state index contributed by atoms with van der Waals surface area (Å²) in [6.07, 6.45) is 0.822. The van der Waals surface area contributed by atoms with E-state index in [1.807, 2.05) is 0 Å². The van der Waals surface area contributed by atoms with Gasteiger partial charge in [0, 0.05) is 32.6 Å². The minimum absolute atomic E-state index is 0.129. The van der Waals surface area contributed by atoms with Crippen molar-refractivity contribution in [2.45, 2.75) is 45.8 Å². The summed E-state index contributed by atoms with van der Waals surface area (Å²) in [6, 6.07) is 0.417. The molecule has 0 aromatic heterocycles. The van der Waals surface area contributed by atoms with Gasteiger partial charge in [-0.25, -0.2) is 0 Å². The lowest BCUT2D eigenvalue weighted by atomic mass is 10.2. The number of carbonyl (C=O) groups is 1. The van der Waals surface area contributed by atoms with E-state index in [0.717, 1.165) is 6.54 Å². The summed E-state index contributed by atoms with van der Waals surface area (Å²) in [5.41, 5.74) is 0. The van der Waals surface area contributed by atoms with Gasteiger partial charge in [0.25, 0.3) is 0 Å². The second kappa shape index (κ2) is 7.65. The molecule has 0 heterocycles. The van der Waals surface area contributed by atoms with Gasteiger partial charge in [-0.15, -0.1) is 0 Å². The highest BCUT2D eigenvalue weighted by Gasteiger charge is 2.09. The standard InChI is InChI=1S/C11H24N2O2/c1-9(2)12-7-5-11(15)13(4)8-6-10(3)14/h9-10,12,14H,5-8H2,1-4H3. The molecule has 1 amide bonds. The fourth-order valence-corrected chi connectivity index (χ4v) is 1.16. The van der Waals surface area contributed by atoms with Crippen molar-refractivity contribution in [3.05, 3.63) is 0 Å². The molecule has 1 atom stereocenters. The van der Waals surface area contributed by atoms with Crippen molar-refractivity contribution in [2.75, 3.05) is 20.1 Å². The fraction of sp³-hybridized carbons (Fsp3) is 0.909. The number of nitrogens with zero attached hydrogens (tertiary/aromatic N) is 1. The number of hydrogen-bond donors (Lipinski definition) is 2. The molecule has 0 bridgehead atoms. The molecule has 0 saturated heterocycles. The SMILES string of the molecule is CC(O)CCN(C)C(=O)CCNC(C)C. The van der Waals surface area contributed by atoms with Crippen molar-refractivity contribution in [1.82, 2.24) is 10.2 Å². The molecule has 0 rings (SSSR count). The quantitative estimate of drug-likeness (QED) is 0.655. The molecule has 1 unspecified atom stereocenters. The minimum Gasteiger partial charge on any atom is -0.393 e. The number of amides is 1. The highest BCUT2D eigenvalue weighted by Crippen LogP contribution is 1.96. The summed E-state index contributed by atoms with van der Waals surface area (Å²) in [5, 5.41) is 12.3. The monoisotopic (exact) mass is 216 g/mol. The zero-order chi connectivity index (χ0) is 11.8. The van der Waals surface area contributed by atoms with Crippen LogP contribution in [-0.2, 0) is 4.79 Å². The Hall–Kier alpha value is -0.610. The number of carbonyl (C=O) groups excluding carboxylic acids is 1. The highest BCUT2D eigenvalue weighted by molar-refractivity contribution is 5.76. The topological polar surface area (TPSA) is 52.6 Å². The van der Waals surface area contributed by atoms with E-state index in [1.54, 1.807) is 18.9 Å². The zero-order valence-electron chi connectivity index (χ0n) is 10.3. The number of aliphatic hydroxyl groups is 1. The van der Waals surface area contributed by atoms with Crippen LogP contribution >= 0.6 is 0 Å². The molecule has 0 aliphatic carbocycles. The zero-order valence-corrected chi connectivity index (χ0v) is 10.3. The van der Waals surface area contributed by atoms with Crippen LogP contribution in [0.5, 0.6) is 0 Å². The summed E-state index contributed by atoms with van der Waals surface area (Å²) in [4.78, 5) is 13.2. The third-order valence-electron chi connectivity index (χ3n) is 2.20. The van der Waals surface area contributed by atoms with E-state index in [9.17, 15) is 4.79 Å². The fourth-order valence-electron chi connectivity index (χ4n) is 1.16. The van der Waals surface area contributed by atoms with Crippen molar-refractivity contribution in [3.63, 3.8) is 0 Å². The number of hydrogen-bond acceptors (Lipinski definition) is 3. The Kier molecular flexibility index (Phi) is 7.34. The van der Waals surface area contributed by atoms with E-state index in [-0.39, 0.29) is 12.0 Å². The third-order valence-corrected chi connectivity index (χ3v) is 2.20. The first kappa shape index (κ1) is 14.4. The van der Waals surface area contributed by atoms with Gasteiger partial charge in [-0.3, -0.25) is 4.79 Å². The molecule has 0 aromatic rings. The van der Waals surface area contributed by atoms with Gasteiger partial charge in [0.05, 0.1) is 6.10 Å². The molecular formula is C11H24N2O2.